The minimum atomic E-state index is -0.982. The third-order valence-corrected chi connectivity index (χ3v) is 7.79. The van der Waals surface area contributed by atoms with Crippen molar-refractivity contribution in [2.45, 2.75) is 70.4 Å². The summed E-state index contributed by atoms with van der Waals surface area (Å²) < 4.78 is 0. The fourth-order valence-corrected chi connectivity index (χ4v) is 5.76. The normalized spacial score (nSPS) is 31.4. The number of hydrogen-bond acceptors (Lipinski definition) is 4. The molecule has 2 amide bonds. The van der Waals surface area contributed by atoms with Crippen LogP contribution in [0.3, 0.4) is 0 Å². The van der Waals surface area contributed by atoms with Gasteiger partial charge in [-0.3, -0.25) is 9.69 Å². The topological polar surface area (TPSA) is 84.3 Å². The molecule has 1 aliphatic carbocycles. The van der Waals surface area contributed by atoms with Gasteiger partial charge in [-0.25, -0.2) is 4.79 Å². The number of rotatable bonds is 3. The van der Waals surface area contributed by atoms with Crippen molar-refractivity contribution in [1.29, 1.82) is 0 Å². The van der Waals surface area contributed by atoms with E-state index in [1.165, 1.54) is 4.90 Å². The van der Waals surface area contributed by atoms with Crippen LogP contribution in [0.2, 0.25) is 0 Å². The van der Waals surface area contributed by atoms with Crippen LogP contribution < -0.4 is 9.80 Å². The largest absolute Gasteiger partial charge is 0.465 e. The molecule has 0 bridgehead atoms. The van der Waals surface area contributed by atoms with Crippen LogP contribution in [0, 0.1) is 12.3 Å². The number of anilines is 2. The molecule has 1 aromatic carbocycles. The smallest absolute Gasteiger partial charge is 0.411 e. The van der Waals surface area contributed by atoms with Gasteiger partial charge in [0.25, 0.3) is 0 Å². The van der Waals surface area contributed by atoms with E-state index in [1.807, 2.05) is 32.0 Å². The van der Waals surface area contributed by atoms with Crippen molar-refractivity contribution < 1.29 is 19.8 Å². The highest BCUT2D eigenvalue weighted by Crippen LogP contribution is 2.44. The number of carbonyl (C=O) groups is 2. The Hall–Kier alpha value is -2.28. The Balaban J connectivity index is 1.49. The highest BCUT2D eigenvalue weighted by molar-refractivity contribution is 5.87. The molecule has 1 unspecified atom stereocenters. The number of carboxylic acid groups (broad SMARTS) is 1. The zero-order chi connectivity index (χ0) is 22.4. The molecule has 7 heteroatoms. The van der Waals surface area contributed by atoms with Gasteiger partial charge in [0, 0.05) is 44.1 Å². The van der Waals surface area contributed by atoms with Gasteiger partial charge in [0.1, 0.15) is 0 Å². The van der Waals surface area contributed by atoms with Crippen molar-refractivity contribution >= 4 is 23.4 Å². The molecular formula is C24H35N3O4. The number of carbonyl (C=O) groups excluding carboxylic acids is 1. The summed E-state index contributed by atoms with van der Waals surface area (Å²) in [4.78, 5) is 30.5. The van der Waals surface area contributed by atoms with Crippen molar-refractivity contribution in [2.75, 3.05) is 36.5 Å². The van der Waals surface area contributed by atoms with E-state index in [4.69, 9.17) is 0 Å². The zero-order valence-corrected chi connectivity index (χ0v) is 18.9. The molecular weight excluding hydrogens is 394 g/mol. The summed E-state index contributed by atoms with van der Waals surface area (Å²) in [7, 11) is 1.54. The lowest BCUT2D eigenvalue weighted by molar-refractivity contribution is -0.140. The maximum atomic E-state index is 13.6. The van der Waals surface area contributed by atoms with Crippen LogP contribution in [-0.4, -0.2) is 65.4 Å². The van der Waals surface area contributed by atoms with E-state index in [-0.39, 0.29) is 11.5 Å². The fraction of sp³-hybridized carbons (Fsp3) is 0.667. The molecule has 1 spiro atoms. The van der Waals surface area contributed by atoms with Crippen molar-refractivity contribution in [3.8, 4) is 0 Å². The molecule has 3 fully saturated rings. The highest BCUT2D eigenvalue weighted by Gasteiger charge is 2.51. The third-order valence-electron chi connectivity index (χ3n) is 7.79. The highest BCUT2D eigenvalue weighted by atomic mass is 16.4. The summed E-state index contributed by atoms with van der Waals surface area (Å²) in [5, 5.41) is 19.5. The number of amides is 2. The second-order valence-electron chi connectivity index (χ2n) is 10.1. The average molecular weight is 430 g/mol. The molecule has 2 saturated heterocycles. The Labute approximate surface area is 184 Å². The van der Waals surface area contributed by atoms with Gasteiger partial charge in [-0.1, -0.05) is 0 Å². The second kappa shape index (κ2) is 8.01. The molecule has 2 heterocycles. The molecule has 2 N–H and O–H groups in total. The Morgan fingerprint density at radius 2 is 1.87 bits per heavy atom. The van der Waals surface area contributed by atoms with Crippen LogP contribution in [0.5, 0.6) is 0 Å². The fourth-order valence-electron chi connectivity index (χ4n) is 5.76. The number of hydrogen-bond donors (Lipinski definition) is 2. The van der Waals surface area contributed by atoms with E-state index in [2.05, 4.69) is 9.80 Å². The maximum absolute atomic E-state index is 13.6. The number of aliphatic hydroxyl groups is 1. The predicted molar refractivity (Wildman–Crippen MR) is 121 cm³/mol. The molecule has 4 rings (SSSR count). The lowest BCUT2D eigenvalue weighted by atomic mass is 9.78. The summed E-state index contributed by atoms with van der Waals surface area (Å²) in [6.45, 7) is 6.36. The van der Waals surface area contributed by atoms with E-state index in [1.54, 1.807) is 7.05 Å². The molecule has 7 nitrogen and oxygen atoms in total. The first-order valence-corrected chi connectivity index (χ1v) is 11.5. The van der Waals surface area contributed by atoms with E-state index in [0.29, 0.717) is 11.6 Å². The molecule has 3 aliphatic rings. The molecule has 1 saturated carbocycles. The number of piperidine rings is 1. The van der Waals surface area contributed by atoms with Crippen LogP contribution in [-0.2, 0) is 4.79 Å². The number of nitrogens with zero attached hydrogens (tertiary/aromatic N) is 3. The second-order valence-corrected chi connectivity index (χ2v) is 10.1. The number of benzene rings is 1. The van der Waals surface area contributed by atoms with Crippen LogP contribution in [0.25, 0.3) is 0 Å². The molecule has 1 aromatic rings. The maximum Gasteiger partial charge on any atom is 0.411 e. The van der Waals surface area contributed by atoms with Gasteiger partial charge in [-0.2, -0.15) is 0 Å². The van der Waals surface area contributed by atoms with Gasteiger partial charge in [0.15, 0.2) is 0 Å². The molecule has 1 atom stereocenters. The zero-order valence-electron chi connectivity index (χ0n) is 18.9. The summed E-state index contributed by atoms with van der Waals surface area (Å²) in [5.74, 6) is 0.295. The molecule has 0 aromatic heterocycles. The van der Waals surface area contributed by atoms with E-state index >= 15 is 0 Å². The molecule has 0 radical (unpaired) electrons. The van der Waals surface area contributed by atoms with Crippen LogP contribution >= 0.6 is 0 Å². The van der Waals surface area contributed by atoms with Crippen molar-refractivity contribution in [3.63, 3.8) is 0 Å². The number of aryl methyl sites for hydroxylation is 1. The first kappa shape index (κ1) is 21.9. The molecule has 170 valence electrons. The van der Waals surface area contributed by atoms with Gasteiger partial charge in [0.2, 0.25) is 5.91 Å². The summed E-state index contributed by atoms with van der Waals surface area (Å²) >= 11 is 0. The summed E-state index contributed by atoms with van der Waals surface area (Å²) in [6, 6.07) is 5.99. The van der Waals surface area contributed by atoms with E-state index in [0.717, 1.165) is 75.8 Å². The quantitative estimate of drug-likeness (QED) is 0.767. The Bertz CT molecular complexity index is 860. The summed E-state index contributed by atoms with van der Waals surface area (Å²) in [6.07, 6.45) is 5.12. The van der Waals surface area contributed by atoms with Crippen molar-refractivity contribution in [3.05, 3.63) is 23.8 Å². The van der Waals surface area contributed by atoms with Crippen molar-refractivity contribution in [2.24, 2.45) is 5.41 Å². The third kappa shape index (κ3) is 4.12. The lowest BCUT2D eigenvalue weighted by Crippen LogP contribution is -2.50. The van der Waals surface area contributed by atoms with Gasteiger partial charge in [-0.15, -0.1) is 0 Å². The number of likely N-dealkylation sites (tertiary alicyclic amines) is 1. The van der Waals surface area contributed by atoms with E-state index < -0.39 is 11.7 Å². The van der Waals surface area contributed by atoms with Gasteiger partial charge in [0.05, 0.1) is 11.0 Å². The van der Waals surface area contributed by atoms with Gasteiger partial charge >= 0.3 is 6.09 Å². The first-order valence-electron chi connectivity index (χ1n) is 11.5. The molecule has 31 heavy (non-hydrogen) atoms. The van der Waals surface area contributed by atoms with Crippen LogP contribution in [0.15, 0.2) is 18.2 Å². The van der Waals surface area contributed by atoms with Crippen LogP contribution in [0.1, 0.15) is 57.4 Å². The predicted octanol–water partition coefficient (Wildman–Crippen LogP) is 3.62. The minimum Gasteiger partial charge on any atom is -0.465 e. The standard InChI is InChI=1S/C24H35N3O4/c1-17-15-19(25(3)22(29)30)5-6-20(17)26-13-4-9-24(16-26)12-14-27(21(24)28)18-7-10-23(2,31)11-8-18/h5-6,15,18,31H,4,7-14,16H2,1-3H3,(H,29,30)/t18-,23-,24?. The monoisotopic (exact) mass is 429 g/mol. The summed E-state index contributed by atoms with van der Waals surface area (Å²) in [5.41, 5.74) is 1.86. The molecule has 2 aliphatic heterocycles. The Morgan fingerprint density at radius 3 is 2.52 bits per heavy atom. The minimum absolute atomic E-state index is 0.259. The van der Waals surface area contributed by atoms with Gasteiger partial charge in [-0.05, 0) is 82.6 Å². The van der Waals surface area contributed by atoms with Gasteiger partial charge < -0.3 is 20.0 Å². The first-order chi connectivity index (χ1) is 14.6. The Kier molecular flexibility index (Phi) is 5.66. The average Bonchev–Trinajstić information content (AvgIpc) is 3.03. The SMILES string of the molecule is Cc1cc(N(C)C(=O)O)ccc1N1CCCC2(CCN([C@H]3CC[C@](C)(O)CC3)C2=O)C1. The Morgan fingerprint density at radius 1 is 1.16 bits per heavy atom. The van der Waals surface area contributed by atoms with E-state index in [9.17, 15) is 19.8 Å². The van der Waals surface area contributed by atoms with Crippen molar-refractivity contribution in [1.82, 2.24) is 4.90 Å². The lowest BCUT2D eigenvalue weighted by Gasteiger charge is -2.42. The van der Waals surface area contributed by atoms with Crippen LogP contribution in [0.4, 0.5) is 16.2 Å².